The second kappa shape index (κ2) is 6.38. The van der Waals surface area contributed by atoms with Gasteiger partial charge in [-0.2, -0.15) is 5.10 Å². The van der Waals surface area contributed by atoms with Crippen molar-refractivity contribution in [3.8, 4) is 11.5 Å². The van der Waals surface area contributed by atoms with E-state index in [4.69, 9.17) is 21.1 Å². The lowest BCUT2D eigenvalue weighted by Crippen LogP contribution is -2.18. The van der Waals surface area contributed by atoms with Crippen LogP contribution in [0.25, 0.3) is 10.1 Å². The minimum Gasteiger partial charge on any atom is -0.454 e. The van der Waals surface area contributed by atoms with Crippen molar-refractivity contribution < 1.29 is 14.3 Å². The third kappa shape index (κ3) is 2.94. The molecule has 4 rings (SSSR count). The molecule has 126 valence electrons. The summed E-state index contributed by atoms with van der Waals surface area (Å²) in [6, 6.07) is 13.2. The van der Waals surface area contributed by atoms with Crippen LogP contribution >= 0.6 is 22.9 Å². The average Bonchev–Trinajstić information content (AvgIpc) is 3.23. The molecular weight excluding hydrogens is 360 g/mol. The summed E-state index contributed by atoms with van der Waals surface area (Å²) in [4.78, 5) is 12.9. The summed E-state index contributed by atoms with van der Waals surface area (Å²) in [5.41, 5.74) is 4.07. The Morgan fingerprint density at radius 2 is 2.00 bits per heavy atom. The Labute approximate surface area is 152 Å². The Morgan fingerprint density at radius 1 is 1.20 bits per heavy atom. The fourth-order valence-electron chi connectivity index (χ4n) is 2.53. The third-order valence-corrected chi connectivity index (χ3v) is 5.53. The van der Waals surface area contributed by atoms with Gasteiger partial charge < -0.3 is 9.47 Å². The summed E-state index contributed by atoms with van der Waals surface area (Å²) in [7, 11) is 0. The highest BCUT2D eigenvalue weighted by Gasteiger charge is 2.17. The van der Waals surface area contributed by atoms with Gasteiger partial charge in [0.1, 0.15) is 4.88 Å². The fraction of sp³-hybridized carbons (Fsp3) is 0.111. The van der Waals surface area contributed by atoms with Crippen LogP contribution < -0.4 is 14.9 Å². The molecule has 1 N–H and O–H groups in total. The molecule has 0 radical (unpaired) electrons. The van der Waals surface area contributed by atoms with Gasteiger partial charge in [-0.25, -0.2) is 5.43 Å². The van der Waals surface area contributed by atoms with E-state index < -0.39 is 0 Å². The number of amides is 1. The predicted molar refractivity (Wildman–Crippen MR) is 99.1 cm³/mol. The summed E-state index contributed by atoms with van der Waals surface area (Å²) in [6.45, 7) is 2.03. The minimum atomic E-state index is -0.328. The number of thiophene rings is 1. The predicted octanol–water partition coefficient (Wildman–Crippen LogP) is 4.44. The average molecular weight is 373 g/mol. The van der Waals surface area contributed by atoms with E-state index in [2.05, 4.69) is 10.5 Å². The number of hydrogen-bond acceptors (Lipinski definition) is 5. The van der Waals surface area contributed by atoms with Crippen molar-refractivity contribution >= 4 is 44.6 Å². The highest BCUT2D eigenvalue weighted by Crippen LogP contribution is 2.35. The number of carbonyl (C=O) groups excluding carboxylic acids is 1. The first kappa shape index (κ1) is 15.9. The fourth-order valence-corrected chi connectivity index (χ4v) is 3.94. The van der Waals surface area contributed by atoms with Gasteiger partial charge in [0.15, 0.2) is 11.5 Å². The molecule has 2 aromatic carbocycles. The molecule has 0 bridgehead atoms. The van der Waals surface area contributed by atoms with E-state index in [1.807, 2.05) is 49.4 Å². The molecule has 7 heteroatoms. The lowest BCUT2D eigenvalue weighted by Gasteiger charge is -2.03. The Hall–Kier alpha value is -2.57. The highest BCUT2D eigenvalue weighted by molar-refractivity contribution is 7.21. The molecule has 1 amide bonds. The molecule has 0 saturated carbocycles. The van der Waals surface area contributed by atoms with Gasteiger partial charge in [0.25, 0.3) is 5.91 Å². The first-order chi connectivity index (χ1) is 12.1. The molecule has 3 aromatic rings. The van der Waals surface area contributed by atoms with E-state index in [-0.39, 0.29) is 12.7 Å². The van der Waals surface area contributed by atoms with Gasteiger partial charge in [-0.1, -0.05) is 29.8 Å². The summed E-state index contributed by atoms with van der Waals surface area (Å²) in [5.74, 6) is 1.05. The van der Waals surface area contributed by atoms with E-state index in [1.54, 1.807) is 0 Å². The lowest BCUT2D eigenvalue weighted by molar-refractivity contribution is 0.0959. The molecule has 5 nitrogen and oxygen atoms in total. The van der Waals surface area contributed by atoms with Crippen molar-refractivity contribution in [2.24, 2.45) is 5.10 Å². The molecule has 1 aliphatic heterocycles. The molecule has 1 aliphatic rings. The molecule has 0 spiro atoms. The van der Waals surface area contributed by atoms with Crippen LogP contribution in [0.15, 0.2) is 47.6 Å². The highest BCUT2D eigenvalue weighted by atomic mass is 35.5. The van der Waals surface area contributed by atoms with E-state index in [1.165, 1.54) is 11.3 Å². The molecule has 0 saturated heterocycles. The zero-order valence-electron chi connectivity index (χ0n) is 13.2. The van der Waals surface area contributed by atoms with Gasteiger partial charge in [0.2, 0.25) is 6.79 Å². The third-order valence-electron chi connectivity index (χ3n) is 3.86. The number of carbonyl (C=O) groups is 1. The molecular formula is C18H13ClN2O3S. The van der Waals surface area contributed by atoms with Crippen molar-refractivity contribution in [2.45, 2.75) is 6.92 Å². The number of fused-ring (bicyclic) bond motifs is 2. The van der Waals surface area contributed by atoms with Crippen LogP contribution in [0.1, 0.15) is 22.2 Å². The first-order valence-electron chi connectivity index (χ1n) is 7.55. The molecule has 0 fully saturated rings. The number of nitrogens with zero attached hydrogens (tertiary/aromatic N) is 1. The van der Waals surface area contributed by atoms with Gasteiger partial charge >= 0.3 is 0 Å². The molecule has 0 aliphatic carbocycles. The largest absolute Gasteiger partial charge is 0.454 e. The van der Waals surface area contributed by atoms with E-state index in [0.717, 1.165) is 15.6 Å². The summed E-state index contributed by atoms with van der Waals surface area (Å²) >= 11 is 7.66. The van der Waals surface area contributed by atoms with Gasteiger partial charge in [0, 0.05) is 15.6 Å². The summed E-state index contributed by atoms with van der Waals surface area (Å²) in [5, 5.41) is 5.50. The molecule has 1 aromatic heterocycles. The minimum absolute atomic E-state index is 0.218. The number of rotatable bonds is 3. The van der Waals surface area contributed by atoms with Crippen molar-refractivity contribution in [3.63, 3.8) is 0 Å². The number of hydrogen-bond donors (Lipinski definition) is 1. The van der Waals surface area contributed by atoms with Crippen LogP contribution in [-0.4, -0.2) is 18.4 Å². The standard InChI is InChI=1S/C18H13ClN2O3S/c1-10(11-6-7-13-14(8-11)24-9-23-13)20-21-18(22)17-16(19)12-4-2-3-5-15(12)25-17/h2-8H,9H2,1H3,(H,21,22). The zero-order chi connectivity index (χ0) is 17.4. The smallest absolute Gasteiger partial charge is 0.283 e. The summed E-state index contributed by atoms with van der Waals surface area (Å²) < 4.78 is 11.6. The Balaban J connectivity index is 1.55. The van der Waals surface area contributed by atoms with Gasteiger partial charge in [-0.15, -0.1) is 11.3 Å². The molecule has 25 heavy (non-hydrogen) atoms. The maximum atomic E-state index is 12.4. The van der Waals surface area contributed by atoms with Crippen LogP contribution in [-0.2, 0) is 0 Å². The number of ether oxygens (including phenoxy) is 2. The Bertz CT molecular complexity index is 1010. The number of halogens is 1. The Morgan fingerprint density at radius 3 is 2.84 bits per heavy atom. The second-order valence-corrected chi connectivity index (χ2v) is 6.88. The van der Waals surface area contributed by atoms with E-state index in [9.17, 15) is 4.79 Å². The van der Waals surface area contributed by atoms with Crippen LogP contribution in [0.5, 0.6) is 11.5 Å². The number of benzene rings is 2. The lowest BCUT2D eigenvalue weighted by atomic mass is 10.1. The molecule has 2 heterocycles. The van der Waals surface area contributed by atoms with Gasteiger partial charge in [-0.05, 0) is 31.2 Å². The molecule has 0 unspecified atom stereocenters. The monoisotopic (exact) mass is 372 g/mol. The Kier molecular flexibility index (Phi) is 4.07. The first-order valence-corrected chi connectivity index (χ1v) is 8.74. The topological polar surface area (TPSA) is 59.9 Å². The van der Waals surface area contributed by atoms with Crippen LogP contribution in [0.2, 0.25) is 5.02 Å². The maximum Gasteiger partial charge on any atom is 0.283 e. The quantitative estimate of drug-likeness (QED) is 0.546. The van der Waals surface area contributed by atoms with E-state index >= 15 is 0 Å². The van der Waals surface area contributed by atoms with Crippen molar-refractivity contribution in [2.75, 3.05) is 6.79 Å². The van der Waals surface area contributed by atoms with Crippen LogP contribution in [0, 0.1) is 0 Å². The van der Waals surface area contributed by atoms with E-state index in [0.29, 0.717) is 27.1 Å². The van der Waals surface area contributed by atoms with Crippen LogP contribution in [0.3, 0.4) is 0 Å². The SMILES string of the molecule is CC(=NNC(=O)c1sc2ccccc2c1Cl)c1ccc2c(c1)OCO2. The van der Waals surface area contributed by atoms with Crippen molar-refractivity contribution in [3.05, 3.63) is 57.9 Å². The molecule has 0 atom stereocenters. The van der Waals surface area contributed by atoms with Crippen LogP contribution in [0.4, 0.5) is 0 Å². The van der Waals surface area contributed by atoms with Gasteiger partial charge in [0.05, 0.1) is 10.7 Å². The van der Waals surface area contributed by atoms with Gasteiger partial charge in [-0.3, -0.25) is 4.79 Å². The van der Waals surface area contributed by atoms with Crippen molar-refractivity contribution in [1.82, 2.24) is 5.43 Å². The number of hydrazone groups is 1. The van der Waals surface area contributed by atoms with Crippen molar-refractivity contribution in [1.29, 1.82) is 0 Å². The zero-order valence-corrected chi connectivity index (χ0v) is 14.8. The normalized spacial score (nSPS) is 13.3. The number of nitrogens with one attached hydrogen (secondary N) is 1. The summed E-state index contributed by atoms with van der Waals surface area (Å²) in [6.07, 6.45) is 0. The second-order valence-electron chi connectivity index (χ2n) is 5.45. The maximum absolute atomic E-state index is 12.4.